The zero-order valence-electron chi connectivity index (χ0n) is 19.5. The van der Waals surface area contributed by atoms with Crippen LogP contribution >= 0.6 is 22.7 Å². The molecule has 0 radical (unpaired) electrons. The molecule has 2 amide bonds. The summed E-state index contributed by atoms with van der Waals surface area (Å²) in [4.78, 5) is 29.9. The number of thiophene rings is 2. The molecule has 0 aliphatic carbocycles. The van der Waals surface area contributed by atoms with Crippen molar-refractivity contribution in [3.05, 3.63) is 80.9 Å². The molecule has 192 valence electrons. The predicted octanol–water partition coefficient (Wildman–Crippen LogP) is 5.02. The number of aromatic nitrogens is 2. The van der Waals surface area contributed by atoms with Crippen LogP contribution in [0.2, 0.25) is 0 Å². The summed E-state index contributed by atoms with van der Waals surface area (Å²) in [5.74, 6) is -1.01. The minimum absolute atomic E-state index is 0.149. The van der Waals surface area contributed by atoms with Crippen molar-refractivity contribution in [2.24, 2.45) is 12.1 Å². The van der Waals surface area contributed by atoms with Crippen LogP contribution in [0.5, 0.6) is 5.75 Å². The van der Waals surface area contributed by atoms with Gasteiger partial charge < -0.3 is 15.0 Å². The maximum atomic E-state index is 12.8. The molecule has 13 heteroatoms. The number of nitrogens with zero attached hydrogens (tertiary/aromatic N) is 3. The highest BCUT2D eigenvalue weighted by Crippen LogP contribution is 2.40. The number of aromatic hydroxyl groups is 1. The van der Waals surface area contributed by atoms with Crippen LogP contribution in [0.1, 0.15) is 43.1 Å². The second kappa shape index (κ2) is 10.6. The first kappa shape index (κ1) is 26.1. The highest BCUT2D eigenvalue weighted by Gasteiger charge is 2.30. The third-order valence-electron chi connectivity index (χ3n) is 5.35. The molecule has 0 spiro atoms. The number of hydrogen-bond acceptors (Lipinski definition) is 7. The molecule has 3 aromatic heterocycles. The van der Waals surface area contributed by atoms with E-state index in [1.54, 1.807) is 29.4 Å². The molecular formula is C24H20F3N5O3S2. The number of hydrazone groups is 1. The minimum atomic E-state index is -4.45. The smallest absolute Gasteiger partial charge is 0.416 e. The van der Waals surface area contributed by atoms with E-state index in [2.05, 4.69) is 20.8 Å². The topological polar surface area (TPSA) is 109 Å². The predicted molar refractivity (Wildman–Crippen MR) is 135 cm³/mol. The fraction of sp³-hybridized carbons (Fsp3) is 0.167. The lowest BCUT2D eigenvalue weighted by Gasteiger charge is -2.07. The van der Waals surface area contributed by atoms with E-state index < -0.39 is 17.6 Å². The number of aryl methyl sites for hydroxylation is 1. The fourth-order valence-corrected chi connectivity index (χ4v) is 5.09. The summed E-state index contributed by atoms with van der Waals surface area (Å²) in [6.07, 6.45) is -1.18. The summed E-state index contributed by atoms with van der Waals surface area (Å²) < 4.78 is 40.2. The molecule has 3 N–H and O–H groups in total. The molecule has 4 rings (SSSR count). The van der Waals surface area contributed by atoms with Crippen LogP contribution in [0.25, 0.3) is 10.4 Å². The molecule has 3 heterocycles. The number of alkyl halides is 3. The summed E-state index contributed by atoms with van der Waals surface area (Å²) in [6, 6.07) is 7.51. The van der Waals surface area contributed by atoms with Crippen LogP contribution in [0, 0.1) is 0 Å². The van der Waals surface area contributed by atoms with E-state index in [-0.39, 0.29) is 23.1 Å². The van der Waals surface area contributed by atoms with E-state index in [0.717, 1.165) is 40.5 Å². The molecule has 0 unspecified atom stereocenters. The maximum Gasteiger partial charge on any atom is 0.416 e. The Bertz CT molecular complexity index is 1470. The second-order valence-corrected chi connectivity index (χ2v) is 9.85. The SMILES string of the molecule is CC(=NNC(=O)c1ccc(C(=O)NCc2cncn2C)s1)c1csc(-c2ccc(C(F)(F)F)cc2)c1O. The van der Waals surface area contributed by atoms with Gasteiger partial charge in [-0.3, -0.25) is 9.59 Å². The van der Waals surface area contributed by atoms with Gasteiger partial charge in [-0.15, -0.1) is 22.7 Å². The summed E-state index contributed by atoms with van der Waals surface area (Å²) in [5, 5.41) is 19.0. The largest absolute Gasteiger partial charge is 0.506 e. The van der Waals surface area contributed by atoms with E-state index in [1.807, 2.05) is 7.05 Å². The normalized spacial score (nSPS) is 12.0. The second-order valence-electron chi connectivity index (χ2n) is 7.88. The van der Waals surface area contributed by atoms with Crippen molar-refractivity contribution in [2.45, 2.75) is 19.6 Å². The highest BCUT2D eigenvalue weighted by atomic mass is 32.1. The zero-order valence-corrected chi connectivity index (χ0v) is 21.1. The Labute approximate surface area is 217 Å². The molecule has 0 bridgehead atoms. The average molecular weight is 548 g/mol. The lowest BCUT2D eigenvalue weighted by atomic mass is 10.1. The van der Waals surface area contributed by atoms with Crippen molar-refractivity contribution in [3.63, 3.8) is 0 Å². The fourth-order valence-electron chi connectivity index (χ4n) is 3.27. The number of amides is 2. The minimum Gasteiger partial charge on any atom is -0.506 e. The van der Waals surface area contributed by atoms with Gasteiger partial charge in [0.2, 0.25) is 0 Å². The van der Waals surface area contributed by atoms with Crippen LogP contribution in [0.4, 0.5) is 13.2 Å². The molecule has 0 atom stereocenters. The molecule has 1 aromatic carbocycles. The molecule has 0 aliphatic rings. The lowest BCUT2D eigenvalue weighted by Crippen LogP contribution is -2.23. The maximum absolute atomic E-state index is 12.8. The third-order valence-corrected chi connectivity index (χ3v) is 7.46. The Kier molecular flexibility index (Phi) is 7.45. The van der Waals surface area contributed by atoms with Gasteiger partial charge in [0.1, 0.15) is 5.75 Å². The number of carbonyl (C=O) groups is 2. The molecule has 0 saturated heterocycles. The monoisotopic (exact) mass is 547 g/mol. The molecule has 37 heavy (non-hydrogen) atoms. The van der Waals surface area contributed by atoms with E-state index in [4.69, 9.17) is 0 Å². The highest BCUT2D eigenvalue weighted by molar-refractivity contribution is 7.16. The van der Waals surface area contributed by atoms with Crippen LogP contribution in [-0.4, -0.2) is 32.2 Å². The summed E-state index contributed by atoms with van der Waals surface area (Å²) in [7, 11) is 1.82. The van der Waals surface area contributed by atoms with Gasteiger partial charge >= 0.3 is 6.18 Å². The first-order valence-corrected chi connectivity index (χ1v) is 12.4. The van der Waals surface area contributed by atoms with Gasteiger partial charge in [0.25, 0.3) is 11.8 Å². The van der Waals surface area contributed by atoms with Crippen LogP contribution in [-0.2, 0) is 19.8 Å². The standard InChI is InChI=1S/C24H20F3N5O3S2/c1-13(17-11-36-21(20(17)33)14-3-5-15(6-4-14)24(25,26)27)30-31-23(35)19-8-7-18(37-19)22(34)29-10-16-9-28-12-32(16)2/h3-9,11-12,33H,10H2,1-2H3,(H,29,34)(H,31,35). The van der Waals surface area contributed by atoms with Gasteiger partial charge in [-0.25, -0.2) is 10.4 Å². The molecule has 0 saturated carbocycles. The van der Waals surface area contributed by atoms with Gasteiger partial charge in [-0.2, -0.15) is 18.3 Å². The summed E-state index contributed by atoms with van der Waals surface area (Å²) >= 11 is 2.14. The van der Waals surface area contributed by atoms with Crippen molar-refractivity contribution in [2.75, 3.05) is 0 Å². The lowest BCUT2D eigenvalue weighted by molar-refractivity contribution is -0.137. The molecule has 8 nitrogen and oxygen atoms in total. The average Bonchev–Trinajstić information content (AvgIpc) is 3.60. The van der Waals surface area contributed by atoms with Crippen molar-refractivity contribution < 1.29 is 27.9 Å². The number of hydrogen-bond donors (Lipinski definition) is 3. The number of benzene rings is 1. The van der Waals surface area contributed by atoms with Gasteiger partial charge in [0.05, 0.1) is 50.0 Å². The number of carbonyl (C=O) groups excluding carboxylic acids is 2. The van der Waals surface area contributed by atoms with Crippen molar-refractivity contribution in [3.8, 4) is 16.2 Å². The Morgan fingerprint density at radius 1 is 1.11 bits per heavy atom. The van der Waals surface area contributed by atoms with E-state index in [9.17, 15) is 27.9 Å². The quantitative estimate of drug-likeness (QED) is 0.223. The Morgan fingerprint density at radius 2 is 1.78 bits per heavy atom. The molecule has 4 aromatic rings. The Morgan fingerprint density at radius 3 is 2.41 bits per heavy atom. The number of halogens is 3. The van der Waals surface area contributed by atoms with Crippen LogP contribution < -0.4 is 10.7 Å². The van der Waals surface area contributed by atoms with Crippen molar-refractivity contribution in [1.82, 2.24) is 20.3 Å². The molecule has 0 fully saturated rings. The number of nitrogens with one attached hydrogen (secondary N) is 2. The zero-order chi connectivity index (χ0) is 26.7. The van der Waals surface area contributed by atoms with Gasteiger partial charge in [0.15, 0.2) is 0 Å². The van der Waals surface area contributed by atoms with Gasteiger partial charge in [-0.1, -0.05) is 12.1 Å². The van der Waals surface area contributed by atoms with Crippen LogP contribution in [0.15, 0.2) is 59.4 Å². The van der Waals surface area contributed by atoms with E-state index in [0.29, 0.717) is 26.6 Å². The van der Waals surface area contributed by atoms with Crippen LogP contribution in [0.3, 0.4) is 0 Å². The number of rotatable bonds is 7. The van der Waals surface area contributed by atoms with Crippen molar-refractivity contribution >= 4 is 40.2 Å². The summed E-state index contributed by atoms with van der Waals surface area (Å²) in [5.41, 5.74) is 3.49. The van der Waals surface area contributed by atoms with E-state index >= 15 is 0 Å². The van der Waals surface area contributed by atoms with Crippen molar-refractivity contribution in [1.29, 1.82) is 0 Å². The molecular weight excluding hydrogens is 527 g/mol. The first-order valence-electron chi connectivity index (χ1n) is 10.7. The Hall–Kier alpha value is -3.97. The van der Waals surface area contributed by atoms with E-state index in [1.165, 1.54) is 24.3 Å². The summed E-state index contributed by atoms with van der Waals surface area (Å²) in [6.45, 7) is 1.86. The first-order chi connectivity index (χ1) is 17.5. The number of imidazole rings is 1. The van der Waals surface area contributed by atoms with Gasteiger partial charge in [0, 0.05) is 18.6 Å². The van der Waals surface area contributed by atoms with Gasteiger partial charge in [-0.05, 0) is 36.8 Å². The Balaban J connectivity index is 1.39. The molecule has 0 aliphatic heterocycles. The third kappa shape index (κ3) is 5.89.